The molecule has 0 saturated heterocycles. The Hall–Kier alpha value is -2.86. The lowest BCUT2D eigenvalue weighted by Crippen LogP contribution is -2.17. The minimum atomic E-state index is -0.391. The van der Waals surface area contributed by atoms with Crippen LogP contribution in [-0.2, 0) is 12.8 Å². The molecule has 1 aromatic heterocycles. The van der Waals surface area contributed by atoms with Crippen LogP contribution in [0.4, 0.5) is 5.69 Å². The Morgan fingerprint density at radius 3 is 2.48 bits per heavy atom. The Balaban J connectivity index is 2.01. The van der Waals surface area contributed by atoms with E-state index < -0.39 is 4.92 Å². The van der Waals surface area contributed by atoms with E-state index in [1.54, 1.807) is 12.1 Å². The Morgan fingerprint density at radius 1 is 1.07 bits per heavy atom. The summed E-state index contributed by atoms with van der Waals surface area (Å²) in [6, 6.07) is 14.7. The van der Waals surface area contributed by atoms with Gasteiger partial charge in [0.15, 0.2) is 0 Å². The second kappa shape index (κ2) is 7.04. The highest BCUT2D eigenvalue weighted by atomic mass is 32.1. The molecule has 27 heavy (non-hydrogen) atoms. The molecule has 6 heteroatoms. The van der Waals surface area contributed by atoms with E-state index in [-0.39, 0.29) is 5.69 Å². The Kier molecular flexibility index (Phi) is 4.58. The van der Waals surface area contributed by atoms with Gasteiger partial charge in [-0.1, -0.05) is 30.4 Å². The molecule has 0 bridgehead atoms. The number of hydrogen-bond acceptors (Lipinski definition) is 4. The molecule has 0 aliphatic heterocycles. The molecule has 5 nitrogen and oxygen atoms in total. The highest BCUT2D eigenvalue weighted by molar-refractivity contribution is 7.71. The number of nitro groups is 1. The van der Waals surface area contributed by atoms with Crippen LogP contribution in [0, 0.1) is 21.7 Å². The van der Waals surface area contributed by atoms with Gasteiger partial charge in [-0.2, -0.15) is 0 Å². The molecule has 0 spiro atoms. The molecule has 0 unspecified atom stereocenters. The van der Waals surface area contributed by atoms with Gasteiger partial charge in [-0.25, -0.2) is 4.98 Å². The summed E-state index contributed by atoms with van der Waals surface area (Å²) in [5.41, 5.74) is 5.49. The molecule has 0 saturated carbocycles. The molecule has 2 aromatic carbocycles. The fraction of sp³-hybridized carbons (Fsp3) is 0.238. The van der Waals surface area contributed by atoms with Gasteiger partial charge in [0.2, 0.25) is 0 Å². The zero-order valence-corrected chi connectivity index (χ0v) is 15.8. The average Bonchev–Trinajstić information content (AvgIpc) is 2.69. The van der Waals surface area contributed by atoms with E-state index in [9.17, 15) is 10.1 Å². The summed E-state index contributed by atoms with van der Waals surface area (Å²) in [5, 5.41) is 11.0. The number of nitro benzene ring substituents is 1. The average molecular weight is 377 g/mol. The van der Waals surface area contributed by atoms with Gasteiger partial charge in [-0.3, -0.25) is 14.7 Å². The summed E-state index contributed by atoms with van der Waals surface area (Å²) in [4.78, 5) is 15.4. The van der Waals surface area contributed by atoms with E-state index in [1.807, 2.05) is 12.1 Å². The van der Waals surface area contributed by atoms with Crippen LogP contribution in [0.2, 0.25) is 0 Å². The van der Waals surface area contributed by atoms with Crippen molar-refractivity contribution in [1.29, 1.82) is 0 Å². The second-order valence-corrected chi connectivity index (χ2v) is 7.19. The molecule has 0 amide bonds. The first-order chi connectivity index (χ1) is 13.1. The smallest absolute Gasteiger partial charge is 0.269 e. The molecule has 4 rings (SSSR count). The maximum Gasteiger partial charge on any atom is 0.269 e. The van der Waals surface area contributed by atoms with Crippen molar-refractivity contribution in [2.75, 3.05) is 0 Å². The van der Waals surface area contributed by atoms with Gasteiger partial charge in [-0.15, -0.1) is 0 Å². The number of rotatable bonds is 3. The predicted octanol–water partition coefficient (Wildman–Crippen LogP) is 5.36. The van der Waals surface area contributed by atoms with Crippen molar-refractivity contribution in [3.8, 4) is 17.1 Å². The largest absolute Gasteiger partial charge is 0.298 e. The lowest BCUT2D eigenvalue weighted by molar-refractivity contribution is -0.384. The third-order valence-electron chi connectivity index (χ3n) is 5.08. The first-order valence-corrected chi connectivity index (χ1v) is 9.42. The molecule has 0 N–H and O–H groups in total. The van der Waals surface area contributed by atoms with E-state index in [2.05, 4.69) is 23.6 Å². The van der Waals surface area contributed by atoms with Crippen molar-refractivity contribution in [3.05, 3.63) is 80.1 Å². The van der Waals surface area contributed by atoms with Crippen LogP contribution in [0.5, 0.6) is 0 Å². The minimum Gasteiger partial charge on any atom is -0.298 e. The van der Waals surface area contributed by atoms with Crippen LogP contribution in [0.1, 0.15) is 29.7 Å². The van der Waals surface area contributed by atoms with Crippen molar-refractivity contribution >= 4 is 17.9 Å². The summed E-state index contributed by atoms with van der Waals surface area (Å²) in [6.07, 6.45) is 4.16. The van der Waals surface area contributed by atoms with Gasteiger partial charge in [0, 0.05) is 29.0 Å². The van der Waals surface area contributed by atoms with Gasteiger partial charge in [0.1, 0.15) is 10.5 Å². The fourth-order valence-electron chi connectivity index (χ4n) is 3.71. The van der Waals surface area contributed by atoms with Gasteiger partial charge in [0.25, 0.3) is 5.69 Å². The van der Waals surface area contributed by atoms with E-state index in [0.29, 0.717) is 4.64 Å². The number of benzene rings is 2. The van der Waals surface area contributed by atoms with Gasteiger partial charge >= 0.3 is 0 Å². The summed E-state index contributed by atoms with van der Waals surface area (Å²) < 4.78 is 2.84. The number of aryl methyl sites for hydroxylation is 1. The van der Waals surface area contributed by atoms with Gasteiger partial charge in [-0.05, 0) is 56.4 Å². The molecule has 1 aliphatic rings. The third-order valence-corrected chi connectivity index (χ3v) is 5.42. The molecule has 0 fully saturated rings. The van der Waals surface area contributed by atoms with Crippen molar-refractivity contribution < 1.29 is 4.92 Å². The molecule has 0 radical (unpaired) electrons. The van der Waals surface area contributed by atoms with Crippen LogP contribution in [-0.4, -0.2) is 14.5 Å². The number of para-hydroxylation sites is 1. The van der Waals surface area contributed by atoms with E-state index >= 15 is 0 Å². The lowest BCUT2D eigenvalue weighted by atomic mass is 9.96. The predicted molar refractivity (Wildman–Crippen MR) is 108 cm³/mol. The van der Waals surface area contributed by atoms with Crippen LogP contribution < -0.4 is 0 Å². The molecule has 1 aliphatic carbocycles. The maximum absolute atomic E-state index is 11.0. The maximum atomic E-state index is 11.0. The van der Waals surface area contributed by atoms with E-state index in [0.717, 1.165) is 53.9 Å². The van der Waals surface area contributed by atoms with Gasteiger partial charge in [0.05, 0.1) is 10.6 Å². The molecule has 136 valence electrons. The molecular weight excluding hydrogens is 358 g/mol. The summed E-state index contributed by atoms with van der Waals surface area (Å²) in [6.45, 7) is 2.08. The SMILES string of the molecule is Cc1ccccc1-n1c(-c2ccc([N+](=O)[O-])cc2)nc(=S)c2c1CCCC2. The topological polar surface area (TPSA) is 61.0 Å². The van der Waals surface area contributed by atoms with Crippen molar-refractivity contribution in [2.45, 2.75) is 32.6 Å². The van der Waals surface area contributed by atoms with Crippen LogP contribution in [0.15, 0.2) is 48.5 Å². The van der Waals surface area contributed by atoms with E-state index in [1.165, 1.54) is 17.8 Å². The lowest BCUT2D eigenvalue weighted by Gasteiger charge is -2.25. The van der Waals surface area contributed by atoms with Crippen LogP contribution >= 0.6 is 12.2 Å². The first-order valence-electron chi connectivity index (χ1n) is 9.02. The number of fused-ring (bicyclic) bond motifs is 1. The number of non-ortho nitro benzene ring substituents is 1. The molecular formula is C21H19N3O2S. The molecule has 1 heterocycles. The summed E-state index contributed by atoms with van der Waals surface area (Å²) in [5.74, 6) is 0.741. The number of nitrogens with zero attached hydrogens (tertiary/aromatic N) is 3. The molecule has 3 aromatic rings. The summed E-state index contributed by atoms with van der Waals surface area (Å²) >= 11 is 5.60. The minimum absolute atomic E-state index is 0.0674. The summed E-state index contributed by atoms with van der Waals surface area (Å²) in [7, 11) is 0. The van der Waals surface area contributed by atoms with Crippen molar-refractivity contribution in [1.82, 2.24) is 9.55 Å². The Morgan fingerprint density at radius 2 is 1.78 bits per heavy atom. The number of hydrogen-bond donors (Lipinski definition) is 0. The normalized spacial score (nSPS) is 13.2. The monoisotopic (exact) mass is 377 g/mol. The number of aromatic nitrogens is 2. The highest BCUT2D eigenvalue weighted by Crippen LogP contribution is 2.32. The van der Waals surface area contributed by atoms with E-state index in [4.69, 9.17) is 17.2 Å². The first kappa shape index (κ1) is 17.5. The van der Waals surface area contributed by atoms with Crippen LogP contribution in [0.3, 0.4) is 0 Å². The van der Waals surface area contributed by atoms with Crippen molar-refractivity contribution in [2.24, 2.45) is 0 Å². The third kappa shape index (κ3) is 3.17. The zero-order chi connectivity index (χ0) is 19.0. The Labute approximate surface area is 162 Å². The standard InChI is InChI=1S/C21H19N3O2S/c1-14-6-2-4-8-18(14)23-19-9-5-3-7-17(19)21(27)22-20(23)15-10-12-16(13-11-15)24(25)26/h2,4,6,8,10-13H,3,5,7,9H2,1H3. The Bertz CT molecular complexity index is 1090. The second-order valence-electron chi connectivity index (χ2n) is 6.80. The van der Waals surface area contributed by atoms with Crippen molar-refractivity contribution in [3.63, 3.8) is 0 Å². The fourth-order valence-corrected chi connectivity index (χ4v) is 4.01. The quantitative estimate of drug-likeness (QED) is 0.350. The van der Waals surface area contributed by atoms with Crippen LogP contribution in [0.25, 0.3) is 17.1 Å². The highest BCUT2D eigenvalue weighted by Gasteiger charge is 2.21. The van der Waals surface area contributed by atoms with Gasteiger partial charge < -0.3 is 0 Å². The molecule has 0 atom stereocenters. The zero-order valence-electron chi connectivity index (χ0n) is 15.0.